The second-order valence-corrected chi connectivity index (χ2v) is 4.74. The molecular formula is C16H13FO2. The molecule has 19 heavy (non-hydrogen) atoms. The van der Waals surface area contributed by atoms with Gasteiger partial charge in [-0.1, -0.05) is 24.3 Å². The summed E-state index contributed by atoms with van der Waals surface area (Å²) in [6.45, 7) is 1.53. The normalized spacial score (nSPS) is 16.2. The number of Topliss-reactive ketones (excluding diaryl/α,β-unsaturated/α-hetero) is 1. The molecule has 3 rings (SSSR count). The van der Waals surface area contributed by atoms with Gasteiger partial charge in [0.2, 0.25) is 0 Å². The van der Waals surface area contributed by atoms with E-state index in [2.05, 4.69) is 0 Å². The van der Waals surface area contributed by atoms with Gasteiger partial charge in [0.25, 0.3) is 0 Å². The van der Waals surface area contributed by atoms with E-state index in [0.29, 0.717) is 12.2 Å². The van der Waals surface area contributed by atoms with Crippen LogP contribution in [0.3, 0.4) is 0 Å². The molecule has 0 aromatic heterocycles. The fourth-order valence-corrected chi connectivity index (χ4v) is 2.46. The van der Waals surface area contributed by atoms with Gasteiger partial charge in [-0.15, -0.1) is 0 Å². The number of fused-ring (bicyclic) bond motifs is 3. The number of hydrogen-bond donors (Lipinski definition) is 0. The Balaban J connectivity index is 2.16. The zero-order chi connectivity index (χ0) is 13.4. The molecule has 1 heterocycles. The van der Waals surface area contributed by atoms with Crippen LogP contribution < -0.4 is 4.74 Å². The van der Waals surface area contributed by atoms with Crippen molar-refractivity contribution in [3.63, 3.8) is 0 Å². The minimum Gasteiger partial charge on any atom is -0.485 e. The summed E-state index contributed by atoms with van der Waals surface area (Å²) in [4.78, 5) is 11.3. The summed E-state index contributed by atoms with van der Waals surface area (Å²) in [5.41, 5.74) is 2.56. The van der Waals surface area contributed by atoms with E-state index in [4.69, 9.17) is 4.74 Å². The average Bonchev–Trinajstić information content (AvgIpc) is 2.38. The summed E-state index contributed by atoms with van der Waals surface area (Å²) >= 11 is 0. The highest BCUT2D eigenvalue weighted by molar-refractivity contribution is 5.80. The molecule has 0 amide bonds. The molecule has 0 saturated heterocycles. The molecule has 0 spiro atoms. The molecule has 1 aliphatic rings. The highest BCUT2D eigenvalue weighted by Gasteiger charge is 2.26. The Morgan fingerprint density at radius 1 is 1.21 bits per heavy atom. The van der Waals surface area contributed by atoms with Crippen molar-refractivity contribution in [2.24, 2.45) is 0 Å². The van der Waals surface area contributed by atoms with Gasteiger partial charge in [-0.3, -0.25) is 4.79 Å². The molecule has 1 aliphatic heterocycles. The molecule has 0 fully saturated rings. The largest absolute Gasteiger partial charge is 0.485 e. The Hall–Kier alpha value is -2.16. The van der Waals surface area contributed by atoms with Crippen molar-refractivity contribution in [2.45, 2.75) is 19.4 Å². The third-order valence-electron chi connectivity index (χ3n) is 3.28. The lowest BCUT2D eigenvalue weighted by Crippen LogP contribution is -2.16. The predicted molar refractivity (Wildman–Crippen MR) is 70.5 cm³/mol. The third-order valence-corrected chi connectivity index (χ3v) is 3.28. The first kappa shape index (κ1) is 11.9. The summed E-state index contributed by atoms with van der Waals surface area (Å²) in [5, 5.41) is 0. The number of benzene rings is 2. The van der Waals surface area contributed by atoms with Crippen LogP contribution in [0.1, 0.15) is 25.0 Å². The lowest BCUT2D eigenvalue weighted by Gasteiger charge is -2.28. The number of ether oxygens (including phenoxy) is 1. The number of halogens is 1. The molecule has 1 unspecified atom stereocenters. The topological polar surface area (TPSA) is 26.3 Å². The fraction of sp³-hybridized carbons (Fsp3) is 0.188. The number of hydrogen-bond acceptors (Lipinski definition) is 2. The maximum absolute atomic E-state index is 13.5. The van der Waals surface area contributed by atoms with Gasteiger partial charge in [-0.2, -0.15) is 0 Å². The second kappa shape index (κ2) is 4.50. The molecule has 0 saturated carbocycles. The zero-order valence-corrected chi connectivity index (χ0v) is 10.5. The monoisotopic (exact) mass is 256 g/mol. The summed E-state index contributed by atoms with van der Waals surface area (Å²) in [6.07, 6.45) is -0.0320. The molecule has 0 N–H and O–H groups in total. The van der Waals surface area contributed by atoms with Crippen LogP contribution >= 0.6 is 0 Å². The molecular weight excluding hydrogens is 243 g/mol. The zero-order valence-electron chi connectivity index (χ0n) is 10.5. The van der Waals surface area contributed by atoms with E-state index in [9.17, 15) is 9.18 Å². The Morgan fingerprint density at radius 3 is 2.79 bits per heavy atom. The number of para-hydroxylation sites is 1. The van der Waals surface area contributed by atoms with Crippen molar-refractivity contribution in [2.75, 3.05) is 0 Å². The molecule has 0 bridgehead atoms. The van der Waals surface area contributed by atoms with E-state index in [0.717, 1.165) is 16.7 Å². The van der Waals surface area contributed by atoms with Crippen LogP contribution in [0, 0.1) is 5.82 Å². The molecule has 0 aliphatic carbocycles. The number of carbonyl (C=O) groups is 1. The lowest BCUT2D eigenvalue weighted by molar-refractivity contribution is -0.118. The minimum absolute atomic E-state index is 0.0552. The van der Waals surface area contributed by atoms with Crippen molar-refractivity contribution in [3.05, 3.63) is 53.8 Å². The standard InChI is InChI=1S/C16H13FO2/c1-10(18)8-16-13-7-6-11(17)9-14(13)12-4-2-3-5-15(12)19-16/h2-7,9,16H,8H2,1H3. The highest BCUT2D eigenvalue weighted by Crippen LogP contribution is 2.43. The van der Waals surface area contributed by atoms with Crippen LogP contribution in [0.2, 0.25) is 0 Å². The summed E-state index contributed by atoms with van der Waals surface area (Å²) < 4.78 is 19.3. The highest BCUT2D eigenvalue weighted by atomic mass is 19.1. The maximum Gasteiger partial charge on any atom is 0.133 e. The van der Waals surface area contributed by atoms with Crippen molar-refractivity contribution < 1.29 is 13.9 Å². The maximum atomic E-state index is 13.5. The first-order chi connectivity index (χ1) is 9.15. The Kier molecular flexibility index (Phi) is 2.82. The van der Waals surface area contributed by atoms with Gasteiger partial charge in [0.15, 0.2) is 0 Å². The van der Waals surface area contributed by atoms with Crippen molar-refractivity contribution in [3.8, 4) is 16.9 Å². The van der Waals surface area contributed by atoms with E-state index < -0.39 is 0 Å². The van der Waals surface area contributed by atoms with E-state index in [1.807, 2.05) is 24.3 Å². The van der Waals surface area contributed by atoms with Crippen molar-refractivity contribution >= 4 is 5.78 Å². The molecule has 1 atom stereocenters. The predicted octanol–water partition coefficient (Wildman–Crippen LogP) is 3.91. The average molecular weight is 256 g/mol. The van der Waals surface area contributed by atoms with Gasteiger partial charge >= 0.3 is 0 Å². The summed E-state index contributed by atoms with van der Waals surface area (Å²) in [7, 11) is 0. The molecule has 2 aromatic carbocycles. The Labute approximate surface area is 110 Å². The fourth-order valence-electron chi connectivity index (χ4n) is 2.46. The smallest absolute Gasteiger partial charge is 0.133 e. The van der Waals surface area contributed by atoms with Gasteiger partial charge < -0.3 is 4.74 Å². The van der Waals surface area contributed by atoms with Crippen LogP contribution in [0.15, 0.2) is 42.5 Å². The van der Waals surface area contributed by atoms with Crippen LogP contribution in [-0.4, -0.2) is 5.78 Å². The second-order valence-electron chi connectivity index (χ2n) is 4.74. The van der Waals surface area contributed by atoms with Crippen LogP contribution in [0.5, 0.6) is 5.75 Å². The van der Waals surface area contributed by atoms with Gasteiger partial charge in [-0.25, -0.2) is 4.39 Å². The van der Waals surface area contributed by atoms with E-state index in [1.54, 1.807) is 6.07 Å². The Morgan fingerprint density at radius 2 is 2.00 bits per heavy atom. The first-order valence-corrected chi connectivity index (χ1v) is 6.20. The minimum atomic E-state index is -0.331. The van der Waals surface area contributed by atoms with Crippen LogP contribution in [0.25, 0.3) is 11.1 Å². The van der Waals surface area contributed by atoms with E-state index >= 15 is 0 Å². The van der Waals surface area contributed by atoms with Crippen LogP contribution in [0.4, 0.5) is 4.39 Å². The van der Waals surface area contributed by atoms with Gasteiger partial charge in [0.1, 0.15) is 23.5 Å². The first-order valence-electron chi connectivity index (χ1n) is 6.20. The lowest BCUT2D eigenvalue weighted by atomic mass is 9.91. The van der Waals surface area contributed by atoms with E-state index in [1.165, 1.54) is 19.1 Å². The van der Waals surface area contributed by atoms with Gasteiger partial charge in [0, 0.05) is 17.5 Å². The summed E-state index contributed by atoms with van der Waals surface area (Å²) in [5.74, 6) is 0.475. The molecule has 96 valence electrons. The molecule has 3 heteroatoms. The summed E-state index contributed by atoms with van der Waals surface area (Å²) in [6, 6.07) is 12.1. The molecule has 2 aromatic rings. The number of rotatable bonds is 2. The third kappa shape index (κ3) is 2.12. The van der Waals surface area contributed by atoms with Crippen molar-refractivity contribution in [1.82, 2.24) is 0 Å². The quantitative estimate of drug-likeness (QED) is 0.814. The number of carbonyl (C=O) groups excluding carboxylic acids is 1. The molecule has 2 nitrogen and oxygen atoms in total. The number of ketones is 1. The van der Waals surface area contributed by atoms with Crippen molar-refractivity contribution in [1.29, 1.82) is 0 Å². The molecule has 0 radical (unpaired) electrons. The van der Waals surface area contributed by atoms with Crippen LogP contribution in [-0.2, 0) is 4.79 Å². The SMILES string of the molecule is CC(=O)CC1Oc2ccccc2-c2cc(F)ccc21. The Bertz CT molecular complexity index is 649. The van der Waals surface area contributed by atoms with E-state index in [-0.39, 0.29) is 17.7 Å². The van der Waals surface area contributed by atoms with Gasteiger partial charge in [0.05, 0.1) is 0 Å². The van der Waals surface area contributed by atoms with Gasteiger partial charge in [-0.05, 0) is 30.7 Å².